The standard InChI is InChI=1S/C24H36N2O3S/c1-4-5-15-24(26-17-10-7-11-18-26)16-14-23(25(2)3)21(19-24)20-29-30(27,28)22-12-8-6-9-13-22/h6,8-9,12-14,16H,4-5,7,10-11,15,17-20H2,1-3H3. The third kappa shape index (κ3) is 5.34. The van der Waals surface area contributed by atoms with Gasteiger partial charge in [0.15, 0.2) is 0 Å². The van der Waals surface area contributed by atoms with Crippen LogP contribution in [0.5, 0.6) is 0 Å². The quantitative estimate of drug-likeness (QED) is 0.535. The van der Waals surface area contributed by atoms with Crippen LogP contribution in [0.25, 0.3) is 0 Å². The molecule has 1 heterocycles. The van der Waals surface area contributed by atoms with Crippen LogP contribution in [0.4, 0.5) is 0 Å². The molecule has 0 aromatic heterocycles. The van der Waals surface area contributed by atoms with Gasteiger partial charge in [0.05, 0.1) is 11.5 Å². The van der Waals surface area contributed by atoms with Crippen LogP contribution < -0.4 is 0 Å². The van der Waals surface area contributed by atoms with Gasteiger partial charge in [-0.3, -0.25) is 9.08 Å². The predicted octanol–water partition coefficient (Wildman–Crippen LogP) is 4.58. The molecule has 1 unspecified atom stereocenters. The van der Waals surface area contributed by atoms with Gasteiger partial charge in [-0.25, -0.2) is 0 Å². The summed E-state index contributed by atoms with van der Waals surface area (Å²) in [6.45, 7) is 4.55. The van der Waals surface area contributed by atoms with Gasteiger partial charge >= 0.3 is 0 Å². The van der Waals surface area contributed by atoms with Gasteiger partial charge in [0.1, 0.15) is 0 Å². The van der Waals surface area contributed by atoms with Crippen molar-refractivity contribution < 1.29 is 12.6 Å². The van der Waals surface area contributed by atoms with Crippen LogP contribution in [0.15, 0.2) is 58.6 Å². The topological polar surface area (TPSA) is 49.9 Å². The first-order chi connectivity index (χ1) is 14.4. The van der Waals surface area contributed by atoms with Gasteiger partial charge in [0.2, 0.25) is 0 Å². The Bertz CT molecular complexity index is 856. The molecule has 166 valence electrons. The van der Waals surface area contributed by atoms with Crippen molar-refractivity contribution in [3.8, 4) is 0 Å². The average molecular weight is 433 g/mol. The molecule has 1 aliphatic heterocycles. The zero-order valence-electron chi connectivity index (χ0n) is 18.6. The molecule has 1 atom stereocenters. The van der Waals surface area contributed by atoms with E-state index in [0.29, 0.717) is 0 Å². The first-order valence-corrected chi connectivity index (χ1v) is 12.6. The predicted molar refractivity (Wildman–Crippen MR) is 122 cm³/mol. The lowest BCUT2D eigenvalue weighted by Gasteiger charge is -2.47. The number of piperidine rings is 1. The minimum atomic E-state index is -3.78. The van der Waals surface area contributed by atoms with Crippen LogP contribution in [0, 0.1) is 0 Å². The first-order valence-electron chi connectivity index (χ1n) is 11.2. The van der Waals surface area contributed by atoms with Gasteiger partial charge in [-0.2, -0.15) is 8.42 Å². The molecule has 6 heteroatoms. The van der Waals surface area contributed by atoms with Crippen molar-refractivity contribution in [2.45, 2.75) is 62.3 Å². The van der Waals surface area contributed by atoms with E-state index in [1.54, 1.807) is 30.3 Å². The van der Waals surface area contributed by atoms with Crippen LogP contribution >= 0.6 is 0 Å². The Kier molecular flexibility index (Phi) is 7.77. The molecule has 1 aromatic carbocycles. The molecular formula is C24H36N2O3S. The SMILES string of the molecule is CCCCC1(N2CCCCC2)C=CC(N(C)C)=C(COS(=O)(=O)c2ccccc2)C1. The summed E-state index contributed by atoms with van der Waals surface area (Å²) in [4.78, 5) is 4.89. The van der Waals surface area contributed by atoms with Crippen LogP contribution in [0.2, 0.25) is 0 Å². The number of likely N-dealkylation sites (tertiary alicyclic amines) is 1. The maximum absolute atomic E-state index is 12.7. The van der Waals surface area contributed by atoms with Crippen molar-refractivity contribution in [2.75, 3.05) is 33.8 Å². The number of rotatable bonds is 9. The average Bonchev–Trinajstić information content (AvgIpc) is 2.77. The summed E-state index contributed by atoms with van der Waals surface area (Å²) >= 11 is 0. The number of unbranched alkanes of at least 4 members (excludes halogenated alkanes) is 1. The molecule has 2 aliphatic rings. The van der Waals surface area contributed by atoms with Crippen LogP contribution in [-0.2, 0) is 14.3 Å². The Labute approximate surface area is 182 Å². The lowest BCUT2D eigenvalue weighted by molar-refractivity contribution is 0.0895. The van der Waals surface area contributed by atoms with Crippen molar-refractivity contribution >= 4 is 10.1 Å². The van der Waals surface area contributed by atoms with Gasteiger partial charge in [-0.15, -0.1) is 0 Å². The van der Waals surface area contributed by atoms with E-state index in [0.717, 1.165) is 50.0 Å². The highest BCUT2D eigenvalue weighted by Crippen LogP contribution is 2.38. The van der Waals surface area contributed by atoms with Gasteiger partial charge in [-0.1, -0.05) is 50.5 Å². The van der Waals surface area contributed by atoms with E-state index in [1.165, 1.54) is 19.3 Å². The maximum Gasteiger partial charge on any atom is 0.297 e. The summed E-state index contributed by atoms with van der Waals surface area (Å²) in [6.07, 6.45) is 12.6. The van der Waals surface area contributed by atoms with E-state index in [1.807, 2.05) is 14.1 Å². The Morgan fingerprint density at radius 3 is 2.43 bits per heavy atom. The van der Waals surface area contributed by atoms with Crippen molar-refractivity contribution in [1.29, 1.82) is 0 Å². The van der Waals surface area contributed by atoms with Gasteiger partial charge < -0.3 is 4.90 Å². The van der Waals surface area contributed by atoms with Crippen molar-refractivity contribution in [1.82, 2.24) is 9.80 Å². The van der Waals surface area contributed by atoms with Gasteiger partial charge in [0, 0.05) is 25.3 Å². The molecule has 1 fully saturated rings. The largest absolute Gasteiger partial charge is 0.378 e. The van der Waals surface area contributed by atoms with E-state index < -0.39 is 10.1 Å². The Morgan fingerprint density at radius 2 is 1.80 bits per heavy atom. The minimum absolute atomic E-state index is 0.0366. The van der Waals surface area contributed by atoms with E-state index >= 15 is 0 Å². The number of nitrogens with zero attached hydrogens (tertiary/aromatic N) is 2. The van der Waals surface area contributed by atoms with Crippen molar-refractivity contribution in [3.05, 3.63) is 53.8 Å². The van der Waals surface area contributed by atoms with E-state index in [-0.39, 0.29) is 17.0 Å². The molecule has 1 aromatic rings. The zero-order valence-corrected chi connectivity index (χ0v) is 19.5. The number of hydrogen-bond acceptors (Lipinski definition) is 5. The number of allylic oxidation sites excluding steroid dienone is 1. The van der Waals surface area contributed by atoms with Crippen LogP contribution in [0.3, 0.4) is 0 Å². The lowest BCUT2D eigenvalue weighted by atomic mass is 9.79. The Hall–Kier alpha value is -1.63. The molecule has 30 heavy (non-hydrogen) atoms. The third-order valence-electron chi connectivity index (χ3n) is 6.28. The van der Waals surface area contributed by atoms with Crippen molar-refractivity contribution in [2.24, 2.45) is 0 Å². The number of likely N-dealkylation sites (N-methyl/N-ethyl adjacent to an activating group) is 1. The van der Waals surface area contributed by atoms with Crippen LogP contribution in [0.1, 0.15) is 51.9 Å². The molecule has 0 saturated carbocycles. The molecule has 0 radical (unpaired) electrons. The van der Waals surface area contributed by atoms with Crippen LogP contribution in [-0.4, -0.2) is 57.5 Å². The normalized spacial score (nSPS) is 23.0. The van der Waals surface area contributed by atoms with Gasteiger partial charge in [0.25, 0.3) is 10.1 Å². The van der Waals surface area contributed by atoms with Gasteiger partial charge in [-0.05, 0) is 62.6 Å². The fourth-order valence-corrected chi connectivity index (χ4v) is 5.56. The summed E-state index contributed by atoms with van der Waals surface area (Å²) in [6, 6.07) is 8.40. The molecule has 5 nitrogen and oxygen atoms in total. The van der Waals surface area contributed by atoms with Crippen molar-refractivity contribution in [3.63, 3.8) is 0 Å². The first kappa shape index (κ1) is 23.0. The molecule has 0 bridgehead atoms. The Morgan fingerprint density at radius 1 is 1.10 bits per heavy atom. The molecule has 1 saturated heterocycles. The lowest BCUT2D eigenvalue weighted by Crippen LogP contribution is -2.51. The monoisotopic (exact) mass is 432 g/mol. The second-order valence-electron chi connectivity index (χ2n) is 8.68. The molecule has 1 aliphatic carbocycles. The molecule has 0 spiro atoms. The molecule has 3 rings (SSSR count). The summed E-state index contributed by atoms with van der Waals surface area (Å²) < 4.78 is 31.0. The maximum atomic E-state index is 12.7. The number of benzene rings is 1. The molecule has 0 N–H and O–H groups in total. The molecular weight excluding hydrogens is 396 g/mol. The summed E-state index contributed by atoms with van der Waals surface area (Å²) in [5.74, 6) is 0. The Balaban J connectivity index is 1.85. The fourth-order valence-electron chi connectivity index (χ4n) is 4.63. The summed E-state index contributed by atoms with van der Waals surface area (Å²) in [5.41, 5.74) is 2.08. The number of hydrogen-bond donors (Lipinski definition) is 0. The second-order valence-corrected chi connectivity index (χ2v) is 10.3. The summed E-state index contributed by atoms with van der Waals surface area (Å²) in [5, 5.41) is 0. The summed E-state index contributed by atoms with van der Waals surface area (Å²) in [7, 11) is 0.232. The van der Waals surface area contributed by atoms with E-state index in [4.69, 9.17) is 4.18 Å². The highest BCUT2D eigenvalue weighted by molar-refractivity contribution is 7.86. The zero-order chi connectivity index (χ0) is 21.6. The smallest absolute Gasteiger partial charge is 0.297 e. The molecule has 0 amide bonds. The highest BCUT2D eigenvalue weighted by atomic mass is 32.2. The van der Waals surface area contributed by atoms with E-state index in [2.05, 4.69) is 28.9 Å². The fraction of sp³-hybridized carbons (Fsp3) is 0.583. The van der Waals surface area contributed by atoms with E-state index in [9.17, 15) is 8.42 Å². The minimum Gasteiger partial charge on any atom is -0.378 e. The third-order valence-corrected chi connectivity index (χ3v) is 7.56. The highest BCUT2D eigenvalue weighted by Gasteiger charge is 2.38. The second kappa shape index (κ2) is 10.1.